The summed E-state index contributed by atoms with van der Waals surface area (Å²) < 4.78 is 6.23. The zero-order valence-electron chi connectivity index (χ0n) is 15.8. The quantitative estimate of drug-likeness (QED) is 0.224. The minimum atomic E-state index is -1.01. The van der Waals surface area contributed by atoms with Crippen LogP contribution in [-0.4, -0.2) is 35.7 Å². The number of nitrogens with one attached hydrogen (secondary N) is 2. The zero-order valence-corrected chi connectivity index (χ0v) is 19.7. The number of amides is 2. The second-order valence-electron chi connectivity index (χ2n) is 6.26. The second kappa shape index (κ2) is 9.71. The number of phenolic OH excluding ortho intramolecular Hbond substituents is 1. The summed E-state index contributed by atoms with van der Waals surface area (Å²) in [5.41, 5.74) is 3.64. The Labute approximate surface area is 193 Å². The van der Waals surface area contributed by atoms with Gasteiger partial charge in [0.25, 0.3) is 0 Å². The van der Waals surface area contributed by atoms with Gasteiger partial charge in [-0.25, -0.2) is 10.2 Å². The number of aromatic hydroxyl groups is 1. The monoisotopic (exact) mass is 557 g/mol. The zero-order chi connectivity index (χ0) is 21.8. The number of hydrogen-bond donors (Lipinski definition) is 3. The van der Waals surface area contributed by atoms with Gasteiger partial charge in [-0.1, -0.05) is 15.9 Å². The summed E-state index contributed by atoms with van der Waals surface area (Å²) >= 11 is 7.76. The van der Waals surface area contributed by atoms with Crippen molar-refractivity contribution in [2.75, 3.05) is 11.9 Å². The molecule has 0 bridgehead atoms. The molecular formula is C19H17Br2N3O5S. The third-order valence-corrected chi connectivity index (χ3v) is 6.53. The number of ether oxygens (including phenoxy) is 1. The minimum Gasteiger partial charge on any atom is -0.506 e. The predicted octanol–water partition coefficient (Wildman–Crippen LogP) is 3.73. The van der Waals surface area contributed by atoms with Gasteiger partial charge in [0, 0.05) is 14.9 Å². The summed E-state index contributed by atoms with van der Waals surface area (Å²) in [6.45, 7) is 1.92. The summed E-state index contributed by atoms with van der Waals surface area (Å²) in [6.07, 6.45) is 3.71. The number of benzene rings is 1. The van der Waals surface area contributed by atoms with Gasteiger partial charge in [0.15, 0.2) is 0 Å². The minimum absolute atomic E-state index is 0.0622. The van der Waals surface area contributed by atoms with E-state index >= 15 is 0 Å². The molecule has 1 aliphatic carbocycles. The van der Waals surface area contributed by atoms with E-state index in [1.807, 2.05) is 0 Å². The Morgan fingerprint density at radius 2 is 2.03 bits per heavy atom. The third kappa shape index (κ3) is 4.90. The molecule has 0 radical (unpaired) electrons. The van der Waals surface area contributed by atoms with Crippen molar-refractivity contribution in [3.8, 4) is 5.75 Å². The lowest BCUT2D eigenvalue weighted by Crippen LogP contribution is -2.32. The number of hydrazone groups is 1. The first-order valence-corrected chi connectivity index (χ1v) is 11.4. The summed E-state index contributed by atoms with van der Waals surface area (Å²) in [5, 5.41) is 16.5. The van der Waals surface area contributed by atoms with Crippen LogP contribution in [0.15, 0.2) is 26.2 Å². The largest absolute Gasteiger partial charge is 0.506 e. The SMILES string of the molecule is CCOC(=O)c1c(NC(=O)C(=O)N/N=C/c2cc(Br)cc(Br)c2O)sc2c1CCC2. The lowest BCUT2D eigenvalue weighted by atomic mass is 10.1. The number of hydrogen-bond acceptors (Lipinski definition) is 7. The molecule has 0 aliphatic heterocycles. The van der Waals surface area contributed by atoms with E-state index in [4.69, 9.17) is 4.74 Å². The molecule has 8 nitrogen and oxygen atoms in total. The van der Waals surface area contributed by atoms with Crippen LogP contribution in [-0.2, 0) is 27.2 Å². The van der Waals surface area contributed by atoms with Crippen molar-refractivity contribution in [1.29, 1.82) is 0 Å². The van der Waals surface area contributed by atoms with E-state index in [-0.39, 0.29) is 12.4 Å². The van der Waals surface area contributed by atoms with Gasteiger partial charge in [0.1, 0.15) is 10.8 Å². The van der Waals surface area contributed by atoms with Crippen LogP contribution in [0.5, 0.6) is 5.75 Å². The molecule has 2 amide bonds. The predicted molar refractivity (Wildman–Crippen MR) is 120 cm³/mol. The van der Waals surface area contributed by atoms with Gasteiger partial charge in [-0.3, -0.25) is 9.59 Å². The number of rotatable bonds is 5. The van der Waals surface area contributed by atoms with Crippen molar-refractivity contribution in [2.24, 2.45) is 5.10 Å². The van der Waals surface area contributed by atoms with Crippen molar-refractivity contribution in [1.82, 2.24) is 5.43 Å². The molecule has 2 aromatic rings. The highest BCUT2D eigenvalue weighted by molar-refractivity contribution is 9.11. The highest BCUT2D eigenvalue weighted by atomic mass is 79.9. The van der Waals surface area contributed by atoms with Crippen LogP contribution < -0.4 is 10.7 Å². The van der Waals surface area contributed by atoms with Crippen LogP contribution in [0.4, 0.5) is 5.00 Å². The normalized spacial score (nSPS) is 12.6. The molecule has 0 unspecified atom stereocenters. The number of carbonyl (C=O) groups excluding carboxylic acids is 3. The van der Waals surface area contributed by atoms with E-state index in [0.717, 1.165) is 29.7 Å². The molecular weight excluding hydrogens is 542 g/mol. The van der Waals surface area contributed by atoms with E-state index in [1.54, 1.807) is 19.1 Å². The maximum Gasteiger partial charge on any atom is 0.341 e. The fourth-order valence-electron chi connectivity index (χ4n) is 2.97. The van der Waals surface area contributed by atoms with Crippen molar-refractivity contribution in [3.63, 3.8) is 0 Å². The highest BCUT2D eigenvalue weighted by Gasteiger charge is 2.29. The number of thiophene rings is 1. The first-order valence-electron chi connectivity index (χ1n) is 8.95. The van der Waals surface area contributed by atoms with Gasteiger partial charge in [-0.2, -0.15) is 5.10 Å². The molecule has 158 valence electrons. The molecule has 0 spiro atoms. The highest BCUT2D eigenvalue weighted by Crippen LogP contribution is 2.39. The van der Waals surface area contributed by atoms with Gasteiger partial charge >= 0.3 is 17.8 Å². The van der Waals surface area contributed by atoms with E-state index in [1.165, 1.54) is 17.6 Å². The van der Waals surface area contributed by atoms with Gasteiger partial charge < -0.3 is 15.2 Å². The van der Waals surface area contributed by atoms with Gasteiger partial charge in [-0.15, -0.1) is 11.3 Å². The number of esters is 1. The van der Waals surface area contributed by atoms with Gasteiger partial charge in [0.05, 0.1) is 22.9 Å². The summed E-state index contributed by atoms with van der Waals surface area (Å²) in [7, 11) is 0. The number of aryl methyl sites for hydroxylation is 1. The van der Waals surface area contributed by atoms with Crippen molar-refractivity contribution >= 4 is 72.2 Å². The fraction of sp³-hybridized carbons (Fsp3) is 0.263. The molecule has 30 heavy (non-hydrogen) atoms. The van der Waals surface area contributed by atoms with Crippen LogP contribution in [0.3, 0.4) is 0 Å². The summed E-state index contributed by atoms with van der Waals surface area (Å²) in [4.78, 5) is 37.7. The Bertz CT molecular complexity index is 1050. The maximum atomic E-state index is 12.3. The number of carbonyl (C=O) groups is 3. The van der Waals surface area contributed by atoms with Gasteiger partial charge in [0.2, 0.25) is 0 Å². The molecule has 3 N–H and O–H groups in total. The molecule has 1 aromatic heterocycles. The van der Waals surface area contributed by atoms with Gasteiger partial charge in [-0.05, 0) is 59.8 Å². The van der Waals surface area contributed by atoms with E-state index in [0.29, 0.717) is 25.1 Å². The van der Waals surface area contributed by atoms with Crippen LogP contribution in [0.25, 0.3) is 0 Å². The number of anilines is 1. The van der Waals surface area contributed by atoms with E-state index in [2.05, 4.69) is 47.7 Å². The number of phenols is 1. The Morgan fingerprint density at radius 1 is 1.27 bits per heavy atom. The topological polar surface area (TPSA) is 117 Å². The van der Waals surface area contributed by atoms with Crippen molar-refractivity contribution < 1.29 is 24.2 Å². The fourth-order valence-corrected chi connectivity index (χ4v) is 5.50. The average Bonchev–Trinajstić information content (AvgIpc) is 3.26. The molecule has 1 heterocycles. The lowest BCUT2D eigenvalue weighted by Gasteiger charge is -2.07. The van der Waals surface area contributed by atoms with Crippen LogP contribution >= 0.6 is 43.2 Å². The summed E-state index contributed by atoms with van der Waals surface area (Å²) in [5.74, 6) is -2.55. The molecule has 0 saturated heterocycles. The van der Waals surface area contributed by atoms with Crippen molar-refractivity contribution in [3.05, 3.63) is 42.6 Å². The number of halogens is 2. The Morgan fingerprint density at radius 3 is 2.77 bits per heavy atom. The number of fused-ring (bicyclic) bond motifs is 1. The molecule has 11 heteroatoms. The molecule has 0 atom stereocenters. The van der Waals surface area contributed by atoms with Crippen LogP contribution in [0.2, 0.25) is 0 Å². The molecule has 0 saturated carbocycles. The first-order chi connectivity index (χ1) is 14.3. The van der Waals surface area contributed by atoms with Crippen molar-refractivity contribution in [2.45, 2.75) is 26.2 Å². The lowest BCUT2D eigenvalue weighted by molar-refractivity contribution is -0.136. The smallest absolute Gasteiger partial charge is 0.341 e. The molecule has 3 rings (SSSR count). The number of nitrogens with zero attached hydrogens (tertiary/aromatic N) is 1. The molecule has 0 fully saturated rings. The van der Waals surface area contributed by atoms with E-state index < -0.39 is 17.8 Å². The third-order valence-electron chi connectivity index (χ3n) is 4.26. The Kier molecular flexibility index (Phi) is 7.27. The first kappa shape index (κ1) is 22.4. The average molecular weight is 559 g/mol. The standard InChI is InChI=1S/C19H17Br2N3O5S/c1-2-29-19(28)14-11-4-3-5-13(11)30-18(14)23-16(26)17(27)24-22-8-9-6-10(20)7-12(21)15(9)25/h6-8,25H,2-5H2,1H3,(H,23,26)(H,24,27)/b22-8+. The molecule has 1 aromatic carbocycles. The Hall–Kier alpha value is -2.24. The van der Waals surface area contributed by atoms with Crippen LogP contribution in [0.1, 0.15) is 39.7 Å². The van der Waals surface area contributed by atoms with E-state index in [9.17, 15) is 19.5 Å². The van der Waals surface area contributed by atoms with Crippen LogP contribution in [0, 0.1) is 0 Å². The Balaban J connectivity index is 1.70. The summed E-state index contributed by atoms with van der Waals surface area (Å²) in [6, 6.07) is 3.24. The second-order valence-corrected chi connectivity index (χ2v) is 9.14. The maximum absolute atomic E-state index is 12.3. The molecule has 1 aliphatic rings.